The number of carbonyl (C=O) groups is 1. The zero-order chi connectivity index (χ0) is 17.8. The molecular weight excluding hydrogens is 398 g/mol. The van der Waals surface area contributed by atoms with Crippen LogP contribution in [0, 0.1) is 5.92 Å². The normalized spacial score (nSPS) is 11.2. The minimum atomic E-state index is -0.0359. The van der Waals surface area contributed by atoms with Gasteiger partial charge in [0, 0.05) is 16.7 Å². The molecule has 130 valence electrons. The minimum Gasteiger partial charge on any atom is -0.325 e. The van der Waals surface area contributed by atoms with Gasteiger partial charge >= 0.3 is 0 Å². The van der Waals surface area contributed by atoms with Crippen LogP contribution in [0.1, 0.15) is 13.8 Å². The van der Waals surface area contributed by atoms with Crippen LogP contribution in [-0.2, 0) is 11.3 Å². The molecule has 0 saturated carbocycles. The summed E-state index contributed by atoms with van der Waals surface area (Å²) in [4.78, 5) is 17.0. The average molecular weight is 418 g/mol. The Labute approximate surface area is 160 Å². The van der Waals surface area contributed by atoms with Crippen LogP contribution in [-0.4, -0.2) is 21.2 Å². The fourth-order valence-electron chi connectivity index (χ4n) is 2.60. The van der Waals surface area contributed by atoms with Gasteiger partial charge < -0.3 is 9.88 Å². The molecule has 0 aliphatic heterocycles. The molecule has 1 heterocycles. The van der Waals surface area contributed by atoms with E-state index in [1.54, 1.807) is 0 Å². The predicted octanol–water partition coefficient (Wildman–Crippen LogP) is 5.19. The average Bonchev–Trinajstić information content (AvgIpc) is 2.90. The molecule has 0 spiro atoms. The van der Waals surface area contributed by atoms with Crippen molar-refractivity contribution in [3.63, 3.8) is 0 Å². The molecule has 0 radical (unpaired) electrons. The van der Waals surface area contributed by atoms with Crippen molar-refractivity contribution < 1.29 is 4.79 Å². The summed E-state index contributed by atoms with van der Waals surface area (Å²) in [6.45, 7) is 5.25. The van der Waals surface area contributed by atoms with Crippen molar-refractivity contribution in [3.8, 4) is 0 Å². The van der Waals surface area contributed by atoms with Crippen molar-refractivity contribution in [2.45, 2.75) is 25.5 Å². The van der Waals surface area contributed by atoms with Crippen molar-refractivity contribution in [1.29, 1.82) is 0 Å². The van der Waals surface area contributed by atoms with Crippen molar-refractivity contribution >= 4 is 50.3 Å². The first-order valence-corrected chi connectivity index (χ1v) is 9.94. The van der Waals surface area contributed by atoms with E-state index in [1.807, 2.05) is 42.5 Å². The molecule has 3 rings (SSSR count). The molecule has 0 saturated heterocycles. The highest BCUT2D eigenvalue weighted by Crippen LogP contribution is 2.25. The Hall–Kier alpha value is -1.79. The molecule has 1 N–H and O–H groups in total. The van der Waals surface area contributed by atoms with E-state index in [4.69, 9.17) is 4.98 Å². The lowest BCUT2D eigenvalue weighted by Crippen LogP contribution is -2.15. The summed E-state index contributed by atoms with van der Waals surface area (Å²) in [5.41, 5.74) is 2.87. The van der Waals surface area contributed by atoms with Crippen LogP contribution >= 0.6 is 27.7 Å². The maximum atomic E-state index is 12.3. The highest BCUT2D eigenvalue weighted by atomic mass is 79.9. The zero-order valence-corrected chi connectivity index (χ0v) is 16.6. The maximum absolute atomic E-state index is 12.3. The predicted molar refractivity (Wildman–Crippen MR) is 108 cm³/mol. The molecule has 1 amide bonds. The van der Waals surface area contributed by atoms with E-state index in [-0.39, 0.29) is 5.91 Å². The largest absolute Gasteiger partial charge is 0.325 e. The number of thioether (sulfide) groups is 1. The number of benzene rings is 2. The molecule has 25 heavy (non-hydrogen) atoms. The highest BCUT2D eigenvalue weighted by Gasteiger charge is 2.14. The van der Waals surface area contributed by atoms with Gasteiger partial charge in [-0.1, -0.05) is 59.7 Å². The lowest BCUT2D eigenvalue weighted by molar-refractivity contribution is -0.113. The number of nitrogens with one attached hydrogen (secondary N) is 1. The summed E-state index contributed by atoms with van der Waals surface area (Å²) in [6, 6.07) is 15.7. The fraction of sp³-hybridized carbons (Fsp3) is 0.263. The van der Waals surface area contributed by atoms with Gasteiger partial charge in [0.15, 0.2) is 5.16 Å². The van der Waals surface area contributed by atoms with Crippen LogP contribution in [0.25, 0.3) is 11.0 Å². The van der Waals surface area contributed by atoms with Crippen molar-refractivity contribution in [2.24, 2.45) is 5.92 Å². The first-order valence-electron chi connectivity index (χ1n) is 8.16. The summed E-state index contributed by atoms with van der Waals surface area (Å²) in [5, 5.41) is 3.81. The molecule has 1 aromatic heterocycles. The third kappa shape index (κ3) is 4.64. The van der Waals surface area contributed by atoms with Crippen LogP contribution < -0.4 is 5.32 Å². The lowest BCUT2D eigenvalue weighted by Gasteiger charge is -2.11. The van der Waals surface area contributed by atoms with Gasteiger partial charge in [0.25, 0.3) is 0 Å². The first kappa shape index (κ1) is 18.0. The molecule has 4 nitrogen and oxygen atoms in total. The van der Waals surface area contributed by atoms with Gasteiger partial charge in [-0.15, -0.1) is 0 Å². The Balaban J connectivity index is 1.73. The van der Waals surface area contributed by atoms with Crippen LogP contribution in [0.15, 0.2) is 58.2 Å². The summed E-state index contributed by atoms with van der Waals surface area (Å²) >= 11 is 4.88. The second kappa shape index (κ2) is 8.06. The third-order valence-corrected chi connectivity index (χ3v) is 5.08. The summed E-state index contributed by atoms with van der Waals surface area (Å²) < 4.78 is 3.15. The number of nitrogens with zero attached hydrogens (tertiary/aromatic N) is 2. The van der Waals surface area contributed by atoms with Gasteiger partial charge in [-0.3, -0.25) is 4.79 Å². The molecule has 0 bridgehead atoms. The Morgan fingerprint density at radius 3 is 2.80 bits per heavy atom. The van der Waals surface area contributed by atoms with E-state index in [0.717, 1.165) is 32.9 Å². The summed E-state index contributed by atoms with van der Waals surface area (Å²) in [7, 11) is 0. The van der Waals surface area contributed by atoms with Gasteiger partial charge in [0.2, 0.25) is 5.91 Å². The molecule has 0 atom stereocenters. The van der Waals surface area contributed by atoms with Gasteiger partial charge in [0.1, 0.15) is 0 Å². The summed E-state index contributed by atoms with van der Waals surface area (Å²) in [5.74, 6) is 0.798. The molecule has 0 aliphatic carbocycles. The SMILES string of the molecule is CC(C)Cn1c(SCC(=O)Nc2cccc(Br)c2)nc2ccccc21. The van der Waals surface area contributed by atoms with Gasteiger partial charge in [0.05, 0.1) is 16.8 Å². The number of anilines is 1. The van der Waals surface area contributed by atoms with E-state index in [2.05, 4.69) is 45.7 Å². The summed E-state index contributed by atoms with van der Waals surface area (Å²) in [6.07, 6.45) is 0. The van der Waals surface area contributed by atoms with E-state index in [0.29, 0.717) is 11.7 Å². The molecule has 0 fully saturated rings. The molecule has 0 aliphatic rings. The van der Waals surface area contributed by atoms with Crippen LogP contribution in [0.3, 0.4) is 0 Å². The number of fused-ring (bicyclic) bond motifs is 1. The van der Waals surface area contributed by atoms with Crippen molar-refractivity contribution in [2.75, 3.05) is 11.1 Å². The van der Waals surface area contributed by atoms with Gasteiger partial charge in [-0.25, -0.2) is 4.98 Å². The third-order valence-electron chi connectivity index (χ3n) is 3.61. The molecule has 3 aromatic rings. The number of amides is 1. The maximum Gasteiger partial charge on any atom is 0.234 e. The second-order valence-corrected chi connectivity index (χ2v) is 8.09. The smallest absolute Gasteiger partial charge is 0.234 e. The topological polar surface area (TPSA) is 46.9 Å². The molecule has 0 unspecified atom stereocenters. The van der Waals surface area contributed by atoms with E-state index < -0.39 is 0 Å². The Morgan fingerprint density at radius 1 is 1.24 bits per heavy atom. The number of halogens is 1. The quantitative estimate of drug-likeness (QED) is 0.561. The number of hydrogen-bond acceptors (Lipinski definition) is 3. The van der Waals surface area contributed by atoms with E-state index in [1.165, 1.54) is 11.8 Å². The molecule has 2 aromatic carbocycles. The Morgan fingerprint density at radius 2 is 2.04 bits per heavy atom. The van der Waals surface area contributed by atoms with Crippen LogP contribution in [0.4, 0.5) is 5.69 Å². The number of carbonyl (C=O) groups excluding carboxylic acids is 1. The fourth-order valence-corrected chi connectivity index (χ4v) is 3.82. The van der Waals surface area contributed by atoms with E-state index >= 15 is 0 Å². The Bertz CT molecular complexity index is 891. The second-order valence-electron chi connectivity index (χ2n) is 6.23. The first-order chi connectivity index (χ1) is 12.0. The highest BCUT2D eigenvalue weighted by molar-refractivity contribution is 9.10. The van der Waals surface area contributed by atoms with Crippen LogP contribution in [0.5, 0.6) is 0 Å². The number of hydrogen-bond donors (Lipinski definition) is 1. The number of para-hydroxylation sites is 2. The number of imidazole rings is 1. The Kier molecular flexibility index (Phi) is 5.81. The van der Waals surface area contributed by atoms with Gasteiger partial charge in [-0.2, -0.15) is 0 Å². The standard InChI is InChI=1S/C19H20BrN3OS/c1-13(2)11-23-17-9-4-3-8-16(17)22-19(23)25-12-18(24)21-15-7-5-6-14(20)10-15/h3-10,13H,11-12H2,1-2H3,(H,21,24). The molecular formula is C19H20BrN3OS. The zero-order valence-electron chi connectivity index (χ0n) is 14.2. The number of rotatable bonds is 6. The minimum absolute atomic E-state index is 0.0359. The van der Waals surface area contributed by atoms with Crippen molar-refractivity contribution in [3.05, 3.63) is 53.0 Å². The van der Waals surface area contributed by atoms with Crippen LogP contribution in [0.2, 0.25) is 0 Å². The monoisotopic (exact) mass is 417 g/mol. The van der Waals surface area contributed by atoms with Gasteiger partial charge in [-0.05, 0) is 36.2 Å². The van der Waals surface area contributed by atoms with E-state index in [9.17, 15) is 4.79 Å². The van der Waals surface area contributed by atoms with Crippen molar-refractivity contribution in [1.82, 2.24) is 9.55 Å². The number of aromatic nitrogens is 2. The lowest BCUT2D eigenvalue weighted by atomic mass is 10.2. The molecule has 6 heteroatoms.